The number of hydrogen-bond acceptors (Lipinski definition) is 3. The van der Waals surface area contributed by atoms with Gasteiger partial charge in [-0.3, -0.25) is 0 Å². The summed E-state index contributed by atoms with van der Waals surface area (Å²) in [6, 6.07) is 5.94. The van der Waals surface area contributed by atoms with Crippen LogP contribution in [0.3, 0.4) is 0 Å². The van der Waals surface area contributed by atoms with Crippen LogP contribution in [0.5, 0.6) is 11.5 Å². The zero-order valence-electron chi connectivity index (χ0n) is 7.45. The minimum absolute atomic E-state index is 0.540. The third kappa shape index (κ3) is 1.75. The Bertz CT molecular complexity index is 299. The van der Waals surface area contributed by atoms with Gasteiger partial charge in [0.05, 0.1) is 6.61 Å². The van der Waals surface area contributed by atoms with Crippen LogP contribution in [0, 0.1) is 0 Å². The van der Waals surface area contributed by atoms with Crippen LogP contribution in [0.4, 0.5) is 0 Å². The topological polar surface area (TPSA) is 44.5 Å². The minimum atomic E-state index is 0.540. The number of fused-ring (bicyclic) bond motifs is 1. The highest BCUT2D eigenvalue weighted by Gasteiger charge is 2.11. The molecule has 1 aromatic rings. The molecule has 1 aliphatic heterocycles. The molecule has 0 saturated carbocycles. The highest BCUT2D eigenvalue weighted by molar-refractivity contribution is 5.42. The Morgan fingerprint density at radius 3 is 3.23 bits per heavy atom. The van der Waals surface area contributed by atoms with E-state index in [1.807, 2.05) is 18.2 Å². The van der Waals surface area contributed by atoms with Gasteiger partial charge in [-0.15, -0.1) is 0 Å². The molecule has 1 aromatic carbocycles. The molecule has 3 nitrogen and oxygen atoms in total. The van der Waals surface area contributed by atoms with E-state index in [0.29, 0.717) is 13.2 Å². The summed E-state index contributed by atoms with van der Waals surface area (Å²) in [6.45, 7) is 1.88. The Balaban J connectivity index is 2.12. The van der Waals surface area contributed by atoms with Crippen molar-refractivity contribution in [2.24, 2.45) is 5.73 Å². The third-order valence-corrected chi connectivity index (χ3v) is 2.05. The van der Waals surface area contributed by atoms with Gasteiger partial charge in [0.1, 0.15) is 18.1 Å². The van der Waals surface area contributed by atoms with E-state index < -0.39 is 0 Å². The van der Waals surface area contributed by atoms with E-state index >= 15 is 0 Å². The van der Waals surface area contributed by atoms with Crippen molar-refractivity contribution in [3.63, 3.8) is 0 Å². The van der Waals surface area contributed by atoms with E-state index in [9.17, 15) is 0 Å². The fourth-order valence-electron chi connectivity index (χ4n) is 1.41. The average Bonchev–Trinajstić information content (AvgIpc) is 2.61. The second-order valence-corrected chi connectivity index (χ2v) is 3.01. The molecule has 2 rings (SSSR count). The molecule has 0 aliphatic carbocycles. The molecule has 0 aromatic heterocycles. The van der Waals surface area contributed by atoms with Gasteiger partial charge in [0.25, 0.3) is 0 Å². The summed E-state index contributed by atoms with van der Waals surface area (Å²) in [6.07, 6.45) is 1.01. The first kappa shape index (κ1) is 8.38. The molecule has 0 fully saturated rings. The van der Waals surface area contributed by atoms with Gasteiger partial charge in [0, 0.05) is 19.0 Å². The second-order valence-electron chi connectivity index (χ2n) is 3.01. The lowest BCUT2D eigenvalue weighted by atomic mass is 10.2. The van der Waals surface area contributed by atoms with Crippen molar-refractivity contribution in [2.45, 2.75) is 6.42 Å². The number of rotatable bonds is 3. The van der Waals surface area contributed by atoms with E-state index in [0.717, 1.165) is 24.5 Å². The highest BCUT2D eigenvalue weighted by Crippen LogP contribution is 2.29. The maximum atomic E-state index is 5.41. The first-order valence-corrected chi connectivity index (χ1v) is 4.49. The molecule has 1 aliphatic rings. The van der Waals surface area contributed by atoms with E-state index in [-0.39, 0.29) is 0 Å². The van der Waals surface area contributed by atoms with E-state index in [4.69, 9.17) is 15.2 Å². The van der Waals surface area contributed by atoms with Crippen LogP contribution in [0.1, 0.15) is 5.56 Å². The molecule has 3 heteroatoms. The summed E-state index contributed by atoms with van der Waals surface area (Å²) >= 11 is 0. The molecular weight excluding hydrogens is 166 g/mol. The molecular formula is C10H13NO2. The van der Waals surface area contributed by atoms with Crippen LogP contribution in [0.2, 0.25) is 0 Å². The summed E-state index contributed by atoms with van der Waals surface area (Å²) in [4.78, 5) is 0. The number of ether oxygens (including phenoxy) is 2. The van der Waals surface area contributed by atoms with Crippen LogP contribution in [0.15, 0.2) is 18.2 Å². The van der Waals surface area contributed by atoms with Gasteiger partial charge in [-0.25, -0.2) is 0 Å². The van der Waals surface area contributed by atoms with E-state index in [1.54, 1.807) is 0 Å². The van der Waals surface area contributed by atoms with Gasteiger partial charge in [0.2, 0.25) is 0 Å². The molecule has 0 saturated heterocycles. The summed E-state index contributed by atoms with van der Waals surface area (Å²) in [7, 11) is 0. The van der Waals surface area contributed by atoms with Crippen molar-refractivity contribution in [1.29, 1.82) is 0 Å². The standard InChI is InChI=1S/C10H13NO2/c11-4-6-12-9-2-1-8-3-5-13-10(8)7-9/h1-2,7H,3-6,11H2. The van der Waals surface area contributed by atoms with Gasteiger partial charge in [-0.05, 0) is 11.6 Å². The molecule has 0 amide bonds. The van der Waals surface area contributed by atoms with Gasteiger partial charge in [0.15, 0.2) is 0 Å². The highest BCUT2D eigenvalue weighted by atomic mass is 16.5. The Kier molecular flexibility index (Phi) is 2.36. The number of nitrogens with two attached hydrogens (primary N) is 1. The van der Waals surface area contributed by atoms with Crippen LogP contribution < -0.4 is 15.2 Å². The van der Waals surface area contributed by atoms with Crippen LogP contribution in [-0.4, -0.2) is 19.8 Å². The number of benzene rings is 1. The Morgan fingerprint density at radius 2 is 2.38 bits per heavy atom. The molecule has 0 unspecified atom stereocenters. The maximum absolute atomic E-state index is 5.41. The summed E-state index contributed by atoms with van der Waals surface area (Å²) < 4.78 is 10.8. The molecule has 0 radical (unpaired) electrons. The molecule has 70 valence electrons. The SMILES string of the molecule is NCCOc1ccc2c(c1)OCC2. The fraction of sp³-hybridized carbons (Fsp3) is 0.400. The van der Waals surface area contributed by atoms with E-state index in [2.05, 4.69) is 0 Å². The lowest BCUT2D eigenvalue weighted by Gasteiger charge is -2.05. The van der Waals surface area contributed by atoms with Crippen LogP contribution >= 0.6 is 0 Å². The minimum Gasteiger partial charge on any atom is -0.493 e. The summed E-state index contributed by atoms with van der Waals surface area (Å²) in [5, 5.41) is 0. The molecule has 0 atom stereocenters. The smallest absolute Gasteiger partial charge is 0.126 e. The Hall–Kier alpha value is -1.22. The largest absolute Gasteiger partial charge is 0.493 e. The number of hydrogen-bond donors (Lipinski definition) is 1. The Morgan fingerprint density at radius 1 is 1.46 bits per heavy atom. The maximum Gasteiger partial charge on any atom is 0.126 e. The lowest BCUT2D eigenvalue weighted by Crippen LogP contribution is -2.10. The first-order valence-electron chi connectivity index (χ1n) is 4.49. The van der Waals surface area contributed by atoms with Crippen molar-refractivity contribution in [3.05, 3.63) is 23.8 Å². The first-order chi connectivity index (χ1) is 6.40. The van der Waals surface area contributed by atoms with Gasteiger partial charge < -0.3 is 15.2 Å². The lowest BCUT2D eigenvalue weighted by molar-refractivity contribution is 0.322. The van der Waals surface area contributed by atoms with Crippen molar-refractivity contribution in [3.8, 4) is 11.5 Å². The van der Waals surface area contributed by atoms with Crippen LogP contribution in [-0.2, 0) is 6.42 Å². The molecule has 13 heavy (non-hydrogen) atoms. The predicted molar refractivity (Wildman–Crippen MR) is 50.2 cm³/mol. The quantitative estimate of drug-likeness (QED) is 0.751. The van der Waals surface area contributed by atoms with Gasteiger partial charge >= 0.3 is 0 Å². The molecule has 1 heterocycles. The second kappa shape index (κ2) is 3.66. The van der Waals surface area contributed by atoms with Crippen molar-refractivity contribution in [1.82, 2.24) is 0 Å². The fourth-order valence-corrected chi connectivity index (χ4v) is 1.41. The zero-order chi connectivity index (χ0) is 9.10. The van der Waals surface area contributed by atoms with Crippen LogP contribution in [0.25, 0.3) is 0 Å². The third-order valence-electron chi connectivity index (χ3n) is 2.05. The van der Waals surface area contributed by atoms with Crippen molar-refractivity contribution < 1.29 is 9.47 Å². The van der Waals surface area contributed by atoms with Crippen molar-refractivity contribution >= 4 is 0 Å². The molecule has 0 bridgehead atoms. The van der Waals surface area contributed by atoms with E-state index in [1.165, 1.54) is 5.56 Å². The molecule has 0 spiro atoms. The predicted octanol–water partition coefficient (Wildman–Crippen LogP) is 0.959. The summed E-state index contributed by atoms with van der Waals surface area (Å²) in [5.74, 6) is 1.79. The van der Waals surface area contributed by atoms with Gasteiger partial charge in [-0.2, -0.15) is 0 Å². The van der Waals surface area contributed by atoms with Gasteiger partial charge in [-0.1, -0.05) is 6.07 Å². The Labute approximate surface area is 77.5 Å². The zero-order valence-corrected chi connectivity index (χ0v) is 7.45. The summed E-state index contributed by atoms with van der Waals surface area (Å²) in [5.41, 5.74) is 6.60. The van der Waals surface area contributed by atoms with Crippen molar-refractivity contribution in [2.75, 3.05) is 19.8 Å². The average molecular weight is 179 g/mol. The molecule has 2 N–H and O–H groups in total. The monoisotopic (exact) mass is 179 g/mol. The normalized spacial score (nSPS) is 13.6.